The smallest absolute Gasteiger partial charge is 0.251 e. The molecule has 0 bridgehead atoms. The first kappa shape index (κ1) is 14.8. The molecule has 1 atom stereocenters. The minimum atomic E-state index is -0.569. The van der Waals surface area contributed by atoms with E-state index >= 15 is 0 Å². The number of benzene rings is 1. The Morgan fingerprint density at radius 1 is 1.35 bits per heavy atom. The molecule has 0 fully saturated rings. The van der Waals surface area contributed by atoms with E-state index in [9.17, 15) is 9.90 Å². The number of amides is 1. The van der Waals surface area contributed by atoms with Crippen LogP contribution in [0.15, 0.2) is 47.1 Å². The van der Waals surface area contributed by atoms with Gasteiger partial charge in [-0.15, -0.1) is 0 Å². The standard InChI is InChI=1S/C15H17BrN2O2/c1-18-10-2-3-13(18)14(19)8-9-17-15(20)11-4-6-12(16)7-5-11/h2-7,10,14,19H,8-9H2,1H3,(H,17,20). The van der Waals surface area contributed by atoms with Crippen molar-refractivity contribution < 1.29 is 9.90 Å². The molecule has 0 aliphatic rings. The monoisotopic (exact) mass is 336 g/mol. The summed E-state index contributed by atoms with van der Waals surface area (Å²) >= 11 is 3.33. The van der Waals surface area contributed by atoms with E-state index in [1.165, 1.54) is 0 Å². The summed E-state index contributed by atoms with van der Waals surface area (Å²) in [6.07, 6.45) is 1.80. The summed E-state index contributed by atoms with van der Waals surface area (Å²) in [5.41, 5.74) is 1.46. The average Bonchev–Trinajstić information content (AvgIpc) is 2.85. The summed E-state index contributed by atoms with van der Waals surface area (Å²) < 4.78 is 2.81. The third-order valence-corrected chi connectivity index (χ3v) is 3.66. The Hall–Kier alpha value is -1.59. The van der Waals surface area contributed by atoms with E-state index in [-0.39, 0.29) is 5.91 Å². The maximum atomic E-state index is 11.9. The Balaban J connectivity index is 1.82. The number of nitrogens with zero attached hydrogens (tertiary/aromatic N) is 1. The second-order valence-corrected chi connectivity index (χ2v) is 5.53. The molecule has 1 aromatic heterocycles. The average molecular weight is 337 g/mol. The van der Waals surface area contributed by atoms with Gasteiger partial charge >= 0.3 is 0 Å². The molecular weight excluding hydrogens is 320 g/mol. The van der Waals surface area contributed by atoms with Gasteiger partial charge in [-0.1, -0.05) is 15.9 Å². The number of hydrogen-bond donors (Lipinski definition) is 2. The molecule has 0 saturated heterocycles. The summed E-state index contributed by atoms with van der Waals surface area (Å²) in [7, 11) is 1.89. The molecule has 106 valence electrons. The fourth-order valence-corrected chi connectivity index (χ4v) is 2.26. The number of halogens is 1. The van der Waals surface area contributed by atoms with Crippen molar-refractivity contribution in [3.8, 4) is 0 Å². The molecule has 0 saturated carbocycles. The van der Waals surface area contributed by atoms with Crippen LogP contribution in [0.5, 0.6) is 0 Å². The molecule has 1 aromatic carbocycles. The number of aromatic nitrogens is 1. The van der Waals surface area contributed by atoms with E-state index in [1.807, 2.05) is 42.1 Å². The largest absolute Gasteiger partial charge is 0.387 e. The normalized spacial score (nSPS) is 12.2. The van der Waals surface area contributed by atoms with Gasteiger partial charge < -0.3 is 15.0 Å². The van der Waals surface area contributed by atoms with Gasteiger partial charge in [0.25, 0.3) is 5.91 Å². The summed E-state index contributed by atoms with van der Waals surface area (Å²) in [4.78, 5) is 11.9. The summed E-state index contributed by atoms with van der Waals surface area (Å²) in [5.74, 6) is -0.128. The van der Waals surface area contributed by atoms with Crippen molar-refractivity contribution in [3.63, 3.8) is 0 Å². The molecule has 5 heteroatoms. The zero-order valence-corrected chi connectivity index (χ0v) is 12.8. The van der Waals surface area contributed by atoms with Crippen molar-refractivity contribution in [2.45, 2.75) is 12.5 Å². The number of aryl methyl sites for hydroxylation is 1. The number of carbonyl (C=O) groups is 1. The van der Waals surface area contributed by atoms with Crippen LogP contribution in [-0.4, -0.2) is 22.1 Å². The highest BCUT2D eigenvalue weighted by atomic mass is 79.9. The first-order valence-corrected chi connectivity index (χ1v) is 7.20. The van der Waals surface area contributed by atoms with E-state index in [0.29, 0.717) is 18.5 Å². The second kappa shape index (κ2) is 6.72. The van der Waals surface area contributed by atoms with Crippen LogP contribution < -0.4 is 5.32 Å². The number of carbonyl (C=O) groups excluding carboxylic acids is 1. The third-order valence-electron chi connectivity index (χ3n) is 3.14. The summed E-state index contributed by atoms with van der Waals surface area (Å²) in [5, 5.41) is 12.8. The van der Waals surface area contributed by atoms with Gasteiger partial charge in [0.1, 0.15) is 0 Å². The predicted molar refractivity (Wildman–Crippen MR) is 81.5 cm³/mol. The van der Waals surface area contributed by atoms with Gasteiger partial charge in [0.05, 0.1) is 6.10 Å². The van der Waals surface area contributed by atoms with Crippen LogP contribution in [0.1, 0.15) is 28.6 Å². The SMILES string of the molecule is Cn1cccc1C(O)CCNC(=O)c1ccc(Br)cc1. The number of aliphatic hydroxyl groups is 1. The Labute approximate surface area is 126 Å². The van der Waals surface area contributed by atoms with Crippen LogP contribution in [0.3, 0.4) is 0 Å². The highest BCUT2D eigenvalue weighted by Gasteiger charge is 2.11. The van der Waals surface area contributed by atoms with Crippen LogP contribution in [0, 0.1) is 0 Å². The van der Waals surface area contributed by atoms with Crippen LogP contribution in [0.25, 0.3) is 0 Å². The molecule has 0 aliphatic heterocycles. The molecule has 2 N–H and O–H groups in total. The van der Waals surface area contributed by atoms with E-state index in [1.54, 1.807) is 12.1 Å². The van der Waals surface area contributed by atoms with Crippen molar-refractivity contribution in [2.24, 2.45) is 7.05 Å². The Bertz CT molecular complexity index is 578. The van der Waals surface area contributed by atoms with Crippen molar-refractivity contribution >= 4 is 21.8 Å². The van der Waals surface area contributed by atoms with Gasteiger partial charge in [-0.25, -0.2) is 0 Å². The zero-order valence-electron chi connectivity index (χ0n) is 11.2. The first-order chi connectivity index (χ1) is 9.58. The van der Waals surface area contributed by atoms with E-state index in [0.717, 1.165) is 10.2 Å². The molecule has 0 radical (unpaired) electrons. The lowest BCUT2D eigenvalue weighted by Gasteiger charge is -2.12. The summed E-state index contributed by atoms with van der Waals surface area (Å²) in [6, 6.07) is 10.9. The third kappa shape index (κ3) is 3.71. The summed E-state index contributed by atoms with van der Waals surface area (Å²) in [6.45, 7) is 0.432. The number of aliphatic hydroxyl groups excluding tert-OH is 1. The van der Waals surface area contributed by atoms with Gasteiger partial charge in [0, 0.05) is 35.5 Å². The molecular formula is C15H17BrN2O2. The molecule has 2 aromatic rings. The minimum absolute atomic E-state index is 0.128. The maximum Gasteiger partial charge on any atom is 0.251 e. The predicted octanol–water partition coefficient (Wildman–Crippen LogP) is 2.64. The van der Waals surface area contributed by atoms with Crippen LogP contribution in [-0.2, 0) is 7.05 Å². The Morgan fingerprint density at radius 2 is 2.05 bits per heavy atom. The minimum Gasteiger partial charge on any atom is -0.387 e. The zero-order chi connectivity index (χ0) is 14.5. The molecule has 0 spiro atoms. The molecule has 2 rings (SSSR count). The Morgan fingerprint density at radius 3 is 2.65 bits per heavy atom. The second-order valence-electron chi connectivity index (χ2n) is 4.61. The van der Waals surface area contributed by atoms with Gasteiger partial charge in [0.2, 0.25) is 0 Å². The Kier molecular flexibility index (Phi) is 4.98. The van der Waals surface area contributed by atoms with Gasteiger partial charge in [-0.3, -0.25) is 4.79 Å². The van der Waals surface area contributed by atoms with Crippen molar-refractivity contribution in [2.75, 3.05) is 6.54 Å². The lowest BCUT2D eigenvalue weighted by atomic mass is 10.1. The highest BCUT2D eigenvalue weighted by Crippen LogP contribution is 2.15. The first-order valence-electron chi connectivity index (χ1n) is 6.41. The number of rotatable bonds is 5. The fraction of sp³-hybridized carbons (Fsp3) is 0.267. The van der Waals surface area contributed by atoms with Gasteiger partial charge in [0.15, 0.2) is 0 Å². The molecule has 1 heterocycles. The van der Waals surface area contributed by atoms with Gasteiger partial charge in [-0.05, 0) is 42.8 Å². The molecule has 1 unspecified atom stereocenters. The number of hydrogen-bond acceptors (Lipinski definition) is 2. The van der Waals surface area contributed by atoms with E-state index in [4.69, 9.17) is 0 Å². The maximum absolute atomic E-state index is 11.9. The molecule has 0 aliphatic carbocycles. The van der Waals surface area contributed by atoms with Crippen LogP contribution in [0.2, 0.25) is 0 Å². The molecule has 4 nitrogen and oxygen atoms in total. The fourth-order valence-electron chi connectivity index (χ4n) is 1.99. The van der Waals surface area contributed by atoms with E-state index in [2.05, 4.69) is 21.2 Å². The number of nitrogens with one attached hydrogen (secondary N) is 1. The lowest BCUT2D eigenvalue weighted by molar-refractivity contribution is 0.0941. The highest BCUT2D eigenvalue weighted by molar-refractivity contribution is 9.10. The topological polar surface area (TPSA) is 54.3 Å². The van der Waals surface area contributed by atoms with Gasteiger partial charge in [-0.2, -0.15) is 0 Å². The molecule has 1 amide bonds. The van der Waals surface area contributed by atoms with Crippen LogP contribution in [0.4, 0.5) is 0 Å². The van der Waals surface area contributed by atoms with Crippen molar-refractivity contribution in [3.05, 3.63) is 58.3 Å². The van der Waals surface area contributed by atoms with Crippen molar-refractivity contribution in [1.82, 2.24) is 9.88 Å². The lowest BCUT2D eigenvalue weighted by Crippen LogP contribution is -2.25. The quantitative estimate of drug-likeness (QED) is 0.881. The van der Waals surface area contributed by atoms with Crippen molar-refractivity contribution in [1.29, 1.82) is 0 Å². The van der Waals surface area contributed by atoms with Crippen LogP contribution >= 0.6 is 15.9 Å². The van der Waals surface area contributed by atoms with E-state index < -0.39 is 6.10 Å². The molecule has 20 heavy (non-hydrogen) atoms.